The molecule has 1 aliphatic heterocycles. The summed E-state index contributed by atoms with van der Waals surface area (Å²) in [5.74, 6) is 2.17. The molecule has 260 valence electrons. The monoisotopic (exact) mass is 688 g/mol. The molecule has 0 radical (unpaired) electrons. The summed E-state index contributed by atoms with van der Waals surface area (Å²) in [7, 11) is -1.37. The van der Waals surface area contributed by atoms with Crippen LogP contribution in [-0.2, 0) is 10.0 Å². The van der Waals surface area contributed by atoms with Gasteiger partial charge in [-0.15, -0.1) is 0 Å². The van der Waals surface area contributed by atoms with Crippen molar-refractivity contribution in [2.45, 2.75) is 88.2 Å². The van der Waals surface area contributed by atoms with Crippen molar-refractivity contribution in [2.75, 3.05) is 30.8 Å². The number of piperidine rings is 1. The Morgan fingerprint density at radius 2 is 1.69 bits per heavy atom. The first-order valence-electron chi connectivity index (χ1n) is 17.1. The van der Waals surface area contributed by atoms with E-state index in [-0.39, 0.29) is 23.3 Å². The van der Waals surface area contributed by atoms with Gasteiger partial charge in [0, 0.05) is 48.8 Å². The quantitative estimate of drug-likeness (QED) is 0.201. The molecule has 3 fully saturated rings. The second-order valence-corrected chi connectivity index (χ2v) is 16.1. The van der Waals surface area contributed by atoms with E-state index in [2.05, 4.69) is 42.6 Å². The summed E-state index contributed by atoms with van der Waals surface area (Å²) in [6, 6.07) is 3.87. The van der Waals surface area contributed by atoms with Crippen LogP contribution in [0.1, 0.15) is 65.2 Å². The fraction of sp³-hybridized carbons (Fsp3) is 0.529. The van der Waals surface area contributed by atoms with Gasteiger partial charge in [0.1, 0.15) is 17.7 Å². The SMILES string of the molecule is CN1CCC(Oc2cnc(-c3cnc(Nc4ccnc(-c5cnn(S(=O)(=O)C6CC6)c5)n4)cc3NC3CCC(C(C)(C)O)CC3)cn2)CC1. The molecule has 0 spiro atoms. The molecule has 7 rings (SSSR count). The Morgan fingerprint density at radius 3 is 2.39 bits per heavy atom. The van der Waals surface area contributed by atoms with E-state index in [1.54, 1.807) is 30.9 Å². The van der Waals surface area contributed by atoms with Gasteiger partial charge in [0.05, 0.1) is 46.9 Å². The van der Waals surface area contributed by atoms with E-state index in [9.17, 15) is 13.5 Å². The number of likely N-dealkylation sites (tertiary alicyclic amines) is 1. The lowest BCUT2D eigenvalue weighted by atomic mass is 9.77. The molecule has 0 bridgehead atoms. The normalized spacial score (nSPS) is 21.0. The van der Waals surface area contributed by atoms with E-state index in [0.717, 1.165) is 67.0 Å². The third-order valence-corrected chi connectivity index (χ3v) is 11.8. The molecule has 4 aromatic rings. The zero-order valence-corrected chi connectivity index (χ0v) is 29.0. The first-order chi connectivity index (χ1) is 23.5. The summed E-state index contributed by atoms with van der Waals surface area (Å²) in [4.78, 5) is 25.3. The highest BCUT2D eigenvalue weighted by Crippen LogP contribution is 2.36. The van der Waals surface area contributed by atoms with Crippen molar-refractivity contribution in [2.24, 2.45) is 5.92 Å². The molecule has 0 aromatic carbocycles. The molecule has 4 aromatic heterocycles. The van der Waals surface area contributed by atoms with Crippen LogP contribution >= 0.6 is 0 Å². The predicted octanol–water partition coefficient (Wildman–Crippen LogP) is 4.49. The lowest BCUT2D eigenvalue weighted by molar-refractivity contribution is -0.000392. The van der Waals surface area contributed by atoms with Crippen LogP contribution in [0.25, 0.3) is 22.6 Å². The smallest absolute Gasteiger partial charge is 0.256 e. The summed E-state index contributed by atoms with van der Waals surface area (Å²) in [6.07, 6.45) is 16.8. The van der Waals surface area contributed by atoms with E-state index < -0.39 is 15.6 Å². The minimum absolute atomic E-state index is 0.133. The maximum Gasteiger partial charge on any atom is 0.256 e. The van der Waals surface area contributed by atoms with Crippen molar-refractivity contribution in [1.29, 1.82) is 0 Å². The number of pyridine rings is 1. The van der Waals surface area contributed by atoms with E-state index in [1.807, 2.05) is 19.9 Å². The number of anilines is 3. The van der Waals surface area contributed by atoms with Crippen LogP contribution in [0.15, 0.2) is 49.3 Å². The molecule has 5 heterocycles. The zero-order valence-electron chi connectivity index (χ0n) is 28.2. The highest BCUT2D eigenvalue weighted by molar-refractivity contribution is 7.90. The zero-order chi connectivity index (χ0) is 34.2. The molecule has 2 saturated carbocycles. The highest BCUT2D eigenvalue weighted by Gasteiger charge is 2.38. The number of aliphatic hydroxyl groups is 1. The van der Waals surface area contributed by atoms with E-state index in [4.69, 9.17) is 14.7 Å². The van der Waals surface area contributed by atoms with Gasteiger partial charge < -0.3 is 25.4 Å². The summed E-state index contributed by atoms with van der Waals surface area (Å²) in [5.41, 5.74) is 2.13. The van der Waals surface area contributed by atoms with Crippen molar-refractivity contribution >= 4 is 27.3 Å². The van der Waals surface area contributed by atoms with Gasteiger partial charge in [0.2, 0.25) is 5.88 Å². The van der Waals surface area contributed by atoms with Crippen molar-refractivity contribution in [3.05, 3.63) is 49.3 Å². The Balaban J connectivity index is 1.11. The molecule has 14 nitrogen and oxygen atoms in total. The van der Waals surface area contributed by atoms with E-state index >= 15 is 0 Å². The number of hydrogen-bond donors (Lipinski definition) is 3. The second kappa shape index (κ2) is 13.6. The molecule has 0 unspecified atom stereocenters. The maximum atomic E-state index is 12.6. The lowest BCUT2D eigenvalue weighted by Gasteiger charge is -2.36. The lowest BCUT2D eigenvalue weighted by Crippen LogP contribution is -2.37. The first kappa shape index (κ1) is 33.3. The predicted molar refractivity (Wildman–Crippen MR) is 186 cm³/mol. The number of aromatic nitrogens is 7. The summed E-state index contributed by atoms with van der Waals surface area (Å²) >= 11 is 0. The summed E-state index contributed by atoms with van der Waals surface area (Å²) in [5, 5.41) is 21.3. The number of nitrogens with zero attached hydrogens (tertiary/aromatic N) is 8. The molecular weight excluding hydrogens is 645 g/mol. The fourth-order valence-electron chi connectivity index (χ4n) is 6.58. The Hall–Kier alpha value is -4.21. The van der Waals surface area contributed by atoms with Crippen molar-refractivity contribution in [1.82, 2.24) is 39.0 Å². The average molecular weight is 689 g/mol. The van der Waals surface area contributed by atoms with Crippen molar-refractivity contribution in [3.8, 4) is 28.5 Å². The fourth-order valence-corrected chi connectivity index (χ4v) is 8.05. The molecule has 3 aliphatic rings. The van der Waals surface area contributed by atoms with Gasteiger partial charge in [-0.1, -0.05) is 0 Å². The van der Waals surface area contributed by atoms with Gasteiger partial charge in [0.25, 0.3) is 10.0 Å². The first-order valence-corrected chi connectivity index (χ1v) is 18.6. The topological polar surface area (TPSA) is 173 Å². The number of ether oxygens (including phenoxy) is 1. The van der Waals surface area contributed by atoms with E-state index in [0.29, 0.717) is 47.4 Å². The Morgan fingerprint density at radius 1 is 0.918 bits per heavy atom. The molecular formula is C34H44N10O4S. The molecule has 3 N–H and O–H groups in total. The van der Waals surface area contributed by atoms with Gasteiger partial charge in [-0.3, -0.25) is 0 Å². The van der Waals surface area contributed by atoms with Crippen LogP contribution in [0.5, 0.6) is 5.88 Å². The Kier molecular flexibility index (Phi) is 9.24. The van der Waals surface area contributed by atoms with Crippen molar-refractivity contribution < 1.29 is 18.3 Å². The molecule has 1 saturated heterocycles. The van der Waals surface area contributed by atoms with Crippen LogP contribution in [0.2, 0.25) is 0 Å². The molecule has 15 heteroatoms. The number of hydrogen-bond acceptors (Lipinski definition) is 13. The Labute approximate surface area is 286 Å². The number of nitrogens with one attached hydrogen (secondary N) is 2. The second-order valence-electron chi connectivity index (χ2n) is 14.1. The van der Waals surface area contributed by atoms with Crippen LogP contribution in [0.4, 0.5) is 17.3 Å². The maximum absolute atomic E-state index is 12.6. The van der Waals surface area contributed by atoms with Gasteiger partial charge >= 0.3 is 0 Å². The molecule has 2 aliphatic carbocycles. The summed E-state index contributed by atoms with van der Waals surface area (Å²) in [6.45, 7) is 5.79. The van der Waals surface area contributed by atoms with Crippen LogP contribution in [0.3, 0.4) is 0 Å². The third kappa shape index (κ3) is 7.84. The minimum Gasteiger partial charge on any atom is -0.473 e. The molecule has 49 heavy (non-hydrogen) atoms. The van der Waals surface area contributed by atoms with Crippen LogP contribution in [-0.4, -0.2) is 95.7 Å². The van der Waals surface area contributed by atoms with Gasteiger partial charge in [-0.25, -0.2) is 33.3 Å². The minimum atomic E-state index is -3.49. The van der Waals surface area contributed by atoms with Gasteiger partial charge in [-0.2, -0.15) is 9.19 Å². The number of rotatable bonds is 11. The highest BCUT2D eigenvalue weighted by atomic mass is 32.2. The summed E-state index contributed by atoms with van der Waals surface area (Å²) < 4.78 is 32.4. The van der Waals surface area contributed by atoms with Crippen LogP contribution < -0.4 is 15.4 Å². The van der Waals surface area contributed by atoms with E-state index in [1.165, 1.54) is 12.4 Å². The van der Waals surface area contributed by atoms with Gasteiger partial charge in [0.15, 0.2) is 5.82 Å². The Bertz CT molecular complexity index is 1860. The standard InChI is InChI=1S/C34H44N10O4S/c1-34(2,45)23-4-6-24(7-5-23)40-28-16-31(37-18-27(28)29-19-38-32(20-36-29)48-25-11-14-43(3)15-12-25)41-30-10-13-35-33(42-30)22-17-39-44(21-22)49(46,47)26-8-9-26/h10,13,16-21,23-26,45H,4-9,11-12,14-15H2,1-3H3,(H2,35,37,40,41,42). The third-order valence-electron chi connectivity index (χ3n) is 9.78. The largest absolute Gasteiger partial charge is 0.473 e. The van der Waals surface area contributed by atoms with Gasteiger partial charge in [-0.05, 0) is 84.2 Å². The van der Waals surface area contributed by atoms with Crippen LogP contribution in [0, 0.1) is 5.92 Å². The average Bonchev–Trinajstić information content (AvgIpc) is 3.83. The molecule has 0 amide bonds. The molecule has 0 atom stereocenters. The van der Waals surface area contributed by atoms with Crippen molar-refractivity contribution in [3.63, 3.8) is 0 Å².